The van der Waals surface area contributed by atoms with E-state index in [0.717, 1.165) is 11.1 Å². The van der Waals surface area contributed by atoms with Crippen LogP contribution in [-0.4, -0.2) is 71.1 Å². The maximum atomic E-state index is 14.7. The van der Waals surface area contributed by atoms with E-state index in [2.05, 4.69) is 15.6 Å². The fraction of sp³-hybridized carbons (Fsp3) is 0.314. The van der Waals surface area contributed by atoms with Gasteiger partial charge in [0.1, 0.15) is 29.2 Å². The summed E-state index contributed by atoms with van der Waals surface area (Å²) in [5.74, 6) is 0.346. The van der Waals surface area contributed by atoms with Crippen LogP contribution < -0.4 is 24.8 Å². The topological polar surface area (TPSA) is 124 Å². The first-order valence-corrected chi connectivity index (χ1v) is 15.5. The summed E-state index contributed by atoms with van der Waals surface area (Å²) < 4.78 is 34.0. The van der Waals surface area contributed by atoms with Gasteiger partial charge in [-0.1, -0.05) is 36.4 Å². The summed E-state index contributed by atoms with van der Waals surface area (Å²) in [5, 5.41) is 5.82. The van der Waals surface area contributed by atoms with Gasteiger partial charge in [-0.25, -0.2) is 9.37 Å². The molecule has 12 heteroatoms. The Morgan fingerprint density at radius 1 is 1.02 bits per heavy atom. The molecule has 2 aliphatic heterocycles. The zero-order chi connectivity index (χ0) is 32.9. The second-order valence-electron chi connectivity index (χ2n) is 11.6. The van der Waals surface area contributed by atoms with E-state index < -0.39 is 23.9 Å². The van der Waals surface area contributed by atoms with Crippen molar-refractivity contribution in [1.82, 2.24) is 25.1 Å². The molecule has 3 aromatic carbocycles. The molecule has 11 nitrogen and oxygen atoms in total. The van der Waals surface area contributed by atoms with Crippen molar-refractivity contribution in [3.8, 4) is 28.6 Å². The van der Waals surface area contributed by atoms with Crippen molar-refractivity contribution in [3.63, 3.8) is 0 Å². The third kappa shape index (κ3) is 7.37. The number of methoxy groups -OCH3 is 1. The Bertz CT molecular complexity index is 1780. The molecule has 0 saturated carbocycles. The van der Waals surface area contributed by atoms with Gasteiger partial charge >= 0.3 is 0 Å². The smallest absolute Gasteiger partial charge is 0.272 e. The van der Waals surface area contributed by atoms with E-state index in [1.165, 1.54) is 19.2 Å². The summed E-state index contributed by atoms with van der Waals surface area (Å²) in [7, 11) is 3.30. The van der Waals surface area contributed by atoms with Crippen LogP contribution in [0.3, 0.4) is 0 Å². The number of ether oxygens (including phenoxy) is 3. The summed E-state index contributed by atoms with van der Waals surface area (Å²) in [6.07, 6.45) is 1.95. The first-order chi connectivity index (χ1) is 22.8. The molecule has 4 bridgehead atoms. The molecule has 1 aromatic heterocycles. The van der Waals surface area contributed by atoms with Crippen molar-refractivity contribution in [1.29, 1.82) is 0 Å². The molecule has 2 aliphatic rings. The molecule has 3 heterocycles. The summed E-state index contributed by atoms with van der Waals surface area (Å²) >= 11 is 0. The highest BCUT2D eigenvalue weighted by Gasteiger charge is 2.35. The first-order valence-electron chi connectivity index (χ1n) is 15.5. The predicted molar refractivity (Wildman–Crippen MR) is 171 cm³/mol. The summed E-state index contributed by atoms with van der Waals surface area (Å²) in [4.78, 5) is 45.8. The number of aromatic nitrogens is 2. The number of likely N-dealkylation sites (tertiary alicyclic amines) is 1. The Kier molecular flexibility index (Phi) is 9.37. The minimum absolute atomic E-state index is 0.118. The third-order valence-corrected chi connectivity index (χ3v) is 8.36. The van der Waals surface area contributed by atoms with E-state index in [1.807, 2.05) is 36.4 Å². The van der Waals surface area contributed by atoms with Crippen molar-refractivity contribution in [2.45, 2.75) is 38.0 Å². The Hall–Kier alpha value is -5.39. The largest absolute Gasteiger partial charge is 0.493 e. The SMILES string of the molecule is COc1ccc2cc1OCC(=O)N[C@@H]1CN(C(=O)c3cnc(-c4ccccc4)n3C)CC[C@H]1Oc1cc(F)cc(c1)CNC(=O)CC2. The van der Waals surface area contributed by atoms with Crippen molar-refractivity contribution in [2.24, 2.45) is 7.05 Å². The molecule has 1 saturated heterocycles. The van der Waals surface area contributed by atoms with E-state index in [1.54, 1.807) is 40.9 Å². The van der Waals surface area contributed by atoms with Crippen LogP contribution >= 0.6 is 0 Å². The number of aryl methyl sites for hydroxylation is 1. The Balaban J connectivity index is 1.26. The van der Waals surface area contributed by atoms with Gasteiger partial charge < -0.3 is 34.3 Å². The van der Waals surface area contributed by atoms with Gasteiger partial charge in [-0.15, -0.1) is 0 Å². The lowest BCUT2D eigenvalue weighted by Gasteiger charge is -2.38. The second-order valence-corrected chi connectivity index (χ2v) is 11.6. The zero-order valence-corrected chi connectivity index (χ0v) is 26.2. The molecule has 6 rings (SSSR count). The monoisotopic (exact) mass is 641 g/mol. The number of carbonyl (C=O) groups is 3. The van der Waals surface area contributed by atoms with Crippen molar-refractivity contribution in [2.75, 3.05) is 26.8 Å². The van der Waals surface area contributed by atoms with Gasteiger partial charge in [-0.2, -0.15) is 0 Å². The fourth-order valence-corrected chi connectivity index (χ4v) is 5.91. The Morgan fingerprint density at radius 2 is 1.85 bits per heavy atom. The molecule has 0 spiro atoms. The van der Waals surface area contributed by atoms with Crippen molar-refractivity contribution >= 4 is 17.7 Å². The molecule has 0 unspecified atom stereocenters. The zero-order valence-electron chi connectivity index (χ0n) is 26.2. The number of hydrogen-bond acceptors (Lipinski definition) is 7. The number of imidazole rings is 1. The van der Waals surface area contributed by atoms with E-state index in [4.69, 9.17) is 14.2 Å². The average molecular weight is 642 g/mol. The number of fused-ring (bicyclic) bond motifs is 5. The minimum atomic E-state index is -0.649. The van der Waals surface area contributed by atoms with Crippen molar-refractivity contribution < 1.29 is 33.0 Å². The van der Waals surface area contributed by atoms with Gasteiger partial charge in [0, 0.05) is 51.2 Å². The normalized spacial score (nSPS) is 18.7. The second kappa shape index (κ2) is 13.9. The number of carbonyl (C=O) groups excluding carboxylic acids is 3. The van der Waals surface area contributed by atoms with Gasteiger partial charge in [0.15, 0.2) is 18.1 Å². The fourth-order valence-electron chi connectivity index (χ4n) is 5.91. The molecule has 4 aromatic rings. The molecular formula is C35H36FN5O6. The van der Waals surface area contributed by atoms with Gasteiger partial charge in [-0.05, 0) is 41.8 Å². The molecule has 47 heavy (non-hydrogen) atoms. The number of hydrogen-bond donors (Lipinski definition) is 2. The number of piperidine rings is 1. The molecule has 1 fully saturated rings. The molecule has 2 atom stereocenters. The number of halogens is 1. The highest BCUT2D eigenvalue weighted by Crippen LogP contribution is 2.29. The lowest BCUT2D eigenvalue weighted by molar-refractivity contribution is -0.125. The van der Waals surface area contributed by atoms with E-state index in [-0.39, 0.29) is 43.7 Å². The summed E-state index contributed by atoms with van der Waals surface area (Å²) in [6, 6.07) is 18.5. The number of rotatable bonds is 3. The van der Waals surface area contributed by atoms with E-state index >= 15 is 0 Å². The highest BCUT2D eigenvalue weighted by atomic mass is 19.1. The number of amides is 3. The van der Waals surface area contributed by atoms with Gasteiger partial charge in [0.25, 0.3) is 11.8 Å². The van der Waals surface area contributed by atoms with Crippen LogP contribution in [-0.2, 0) is 29.6 Å². The standard InChI is InChI=1S/C35H36FN5O6/c1-40-28(19-38-34(40)24-6-4-3-5-7-24)35(44)41-13-12-29-27(20-41)39-33(43)21-46-31-16-22(8-10-30(31)45-2)9-11-32(42)37-18-23-14-25(36)17-26(15-23)47-29/h3-8,10,14-17,19,27,29H,9,11-13,18,20-21H2,1-2H3,(H,37,42)(H,39,43)/t27-,29-/m1/s1. The number of nitrogens with zero attached hydrogens (tertiary/aromatic N) is 3. The van der Waals surface area contributed by atoms with Crippen LogP contribution in [0.2, 0.25) is 0 Å². The quantitative estimate of drug-likeness (QED) is 0.350. The van der Waals surface area contributed by atoms with Crippen LogP contribution in [0, 0.1) is 5.82 Å². The number of nitrogens with one attached hydrogen (secondary N) is 2. The van der Waals surface area contributed by atoms with Crippen LogP contribution in [0.5, 0.6) is 17.2 Å². The summed E-state index contributed by atoms with van der Waals surface area (Å²) in [5.41, 5.74) is 2.65. The molecule has 3 amide bonds. The van der Waals surface area contributed by atoms with Crippen LogP contribution in [0.25, 0.3) is 11.4 Å². The van der Waals surface area contributed by atoms with Gasteiger partial charge in [0.2, 0.25) is 5.91 Å². The van der Waals surface area contributed by atoms with Crippen molar-refractivity contribution in [3.05, 3.63) is 95.6 Å². The van der Waals surface area contributed by atoms with Crippen LogP contribution in [0.1, 0.15) is 34.5 Å². The predicted octanol–water partition coefficient (Wildman–Crippen LogP) is 3.65. The Labute approximate surface area is 271 Å². The lowest BCUT2D eigenvalue weighted by atomic mass is 10.0. The molecule has 244 valence electrons. The lowest BCUT2D eigenvalue weighted by Crippen LogP contribution is -2.58. The van der Waals surface area contributed by atoms with Gasteiger partial charge in [-0.3, -0.25) is 14.4 Å². The molecule has 0 aliphatic carbocycles. The highest BCUT2D eigenvalue weighted by molar-refractivity contribution is 5.93. The molecular weight excluding hydrogens is 605 g/mol. The van der Waals surface area contributed by atoms with E-state index in [9.17, 15) is 18.8 Å². The van der Waals surface area contributed by atoms with Crippen LogP contribution in [0.4, 0.5) is 4.39 Å². The van der Waals surface area contributed by atoms with Crippen LogP contribution in [0.15, 0.2) is 72.9 Å². The first kappa shape index (κ1) is 31.6. The number of benzene rings is 3. The maximum Gasteiger partial charge on any atom is 0.272 e. The molecule has 2 N–H and O–H groups in total. The third-order valence-electron chi connectivity index (χ3n) is 8.36. The minimum Gasteiger partial charge on any atom is -0.493 e. The molecule has 0 radical (unpaired) electrons. The maximum absolute atomic E-state index is 14.7. The average Bonchev–Trinajstić information content (AvgIpc) is 3.46. The van der Waals surface area contributed by atoms with Gasteiger partial charge in [0.05, 0.1) is 19.3 Å². The summed E-state index contributed by atoms with van der Waals surface area (Å²) in [6.45, 7) is 0.259. The Morgan fingerprint density at radius 3 is 2.66 bits per heavy atom. The van der Waals surface area contributed by atoms with E-state index in [0.29, 0.717) is 48.0 Å².